The topological polar surface area (TPSA) is 63.7 Å². The van der Waals surface area contributed by atoms with Gasteiger partial charge in [0.1, 0.15) is 0 Å². The summed E-state index contributed by atoms with van der Waals surface area (Å²) in [5.74, 6) is 0.506. The van der Waals surface area contributed by atoms with Gasteiger partial charge in [0.2, 0.25) is 5.91 Å². The fraction of sp³-hybridized carbons (Fsp3) is 0.632. The summed E-state index contributed by atoms with van der Waals surface area (Å²) in [6.07, 6.45) is 6.71. The van der Waals surface area contributed by atoms with E-state index in [4.69, 9.17) is 27.4 Å². The smallest absolute Gasteiger partial charge is 0.264 e. The number of hydrogen-bond acceptors (Lipinski definition) is 4. The van der Waals surface area contributed by atoms with Crippen LogP contribution in [0.1, 0.15) is 50.0 Å². The van der Waals surface area contributed by atoms with E-state index in [9.17, 15) is 13.2 Å². The van der Waals surface area contributed by atoms with Gasteiger partial charge in [-0.3, -0.25) is 8.98 Å². The zero-order valence-electron chi connectivity index (χ0n) is 15.8. The minimum absolute atomic E-state index is 0.0500. The summed E-state index contributed by atoms with van der Waals surface area (Å²) in [5.41, 5.74) is 0.905. The van der Waals surface area contributed by atoms with Crippen LogP contribution < -0.4 is 0 Å². The molecule has 8 heteroatoms. The van der Waals surface area contributed by atoms with Crippen LogP contribution in [-0.2, 0) is 19.1 Å². The lowest BCUT2D eigenvalue weighted by molar-refractivity contribution is -0.131. The highest BCUT2D eigenvalue weighted by atomic mass is 35.5. The van der Waals surface area contributed by atoms with Crippen LogP contribution in [0.25, 0.3) is 0 Å². The van der Waals surface area contributed by atoms with Gasteiger partial charge in [0, 0.05) is 25.9 Å². The first kappa shape index (κ1) is 22.5. The molecule has 1 atom stereocenters. The number of halogens is 2. The molecule has 152 valence electrons. The quantitative estimate of drug-likeness (QED) is 0.536. The second-order valence-electron chi connectivity index (χ2n) is 7.31. The van der Waals surface area contributed by atoms with Crippen molar-refractivity contribution in [2.45, 2.75) is 44.4 Å². The molecule has 1 amide bonds. The second-order valence-corrected chi connectivity index (χ2v) is 9.77. The van der Waals surface area contributed by atoms with E-state index in [1.165, 1.54) is 12.8 Å². The van der Waals surface area contributed by atoms with E-state index in [1.807, 2.05) is 6.07 Å². The first-order valence-corrected chi connectivity index (χ1v) is 11.8. The highest BCUT2D eigenvalue weighted by Gasteiger charge is 2.23. The molecule has 0 heterocycles. The van der Waals surface area contributed by atoms with Crippen LogP contribution >= 0.6 is 23.2 Å². The maximum atomic E-state index is 12.6. The van der Waals surface area contributed by atoms with Crippen molar-refractivity contribution in [2.24, 2.45) is 5.92 Å². The second kappa shape index (κ2) is 10.1. The van der Waals surface area contributed by atoms with Gasteiger partial charge in [-0.25, -0.2) is 0 Å². The average Bonchev–Trinajstić information content (AvgIpc) is 3.08. The molecule has 5 nitrogen and oxygen atoms in total. The van der Waals surface area contributed by atoms with Crippen LogP contribution in [0.2, 0.25) is 10.0 Å². The van der Waals surface area contributed by atoms with E-state index in [0.29, 0.717) is 35.3 Å². The highest BCUT2D eigenvalue weighted by molar-refractivity contribution is 7.85. The van der Waals surface area contributed by atoms with Crippen LogP contribution in [0.4, 0.5) is 0 Å². The standard InChI is InChI=1S/C19H27Cl2NO4S/c1-22(19(23)11-14-5-3-4-6-14)13-16(9-10-26-27(2,24)25)15-7-8-17(20)18(21)12-15/h7-8,12,14,16H,3-6,9-11,13H2,1-2H3. The van der Waals surface area contributed by atoms with Crippen LogP contribution in [0.3, 0.4) is 0 Å². The SMILES string of the molecule is CN(CC(CCOS(C)(=O)=O)c1ccc(Cl)c(Cl)c1)C(=O)CC1CCCC1. The molecule has 1 aromatic rings. The van der Waals surface area contributed by atoms with E-state index < -0.39 is 10.1 Å². The first-order chi connectivity index (χ1) is 12.7. The Hall–Kier alpha value is -0.820. The molecule has 0 spiro atoms. The van der Waals surface area contributed by atoms with Gasteiger partial charge < -0.3 is 4.90 Å². The van der Waals surface area contributed by atoms with Crippen LogP contribution in [0.15, 0.2) is 18.2 Å². The third-order valence-electron chi connectivity index (χ3n) is 5.04. The van der Waals surface area contributed by atoms with Gasteiger partial charge in [-0.1, -0.05) is 42.1 Å². The molecule has 0 aromatic heterocycles. The van der Waals surface area contributed by atoms with Crippen LogP contribution in [0.5, 0.6) is 0 Å². The van der Waals surface area contributed by atoms with Crippen molar-refractivity contribution in [3.8, 4) is 0 Å². The largest absolute Gasteiger partial charge is 0.345 e. The highest BCUT2D eigenvalue weighted by Crippen LogP contribution is 2.30. The summed E-state index contributed by atoms with van der Waals surface area (Å²) in [5, 5.41) is 0.889. The van der Waals surface area contributed by atoms with Crippen molar-refractivity contribution in [2.75, 3.05) is 26.5 Å². The number of likely N-dealkylation sites (N-methyl/N-ethyl adjacent to an activating group) is 1. The van der Waals surface area contributed by atoms with Crippen LogP contribution in [-0.4, -0.2) is 45.7 Å². The van der Waals surface area contributed by atoms with E-state index in [1.54, 1.807) is 24.1 Å². The van der Waals surface area contributed by atoms with Gasteiger partial charge in [0.05, 0.1) is 22.9 Å². The molecule has 1 fully saturated rings. The molecule has 2 rings (SSSR count). The monoisotopic (exact) mass is 435 g/mol. The zero-order chi connectivity index (χ0) is 20.0. The van der Waals surface area contributed by atoms with Gasteiger partial charge in [-0.15, -0.1) is 0 Å². The Kier molecular flexibility index (Phi) is 8.40. The maximum absolute atomic E-state index is 12.6. The van der Waals surface area contributed by atoms with Gasteiger partial charge in [-0.05, 0) is 42.9 Å². The molecule has 0 aliphatic heterocycles. The third-order valence-corrected chi connectivity index (χ3v) is 6.37. The average molecular weight is 436 g/mol. The molecule has 0 radical (unpaired) electrons. The van der Waals surface area contributed by atoms with E-state index in [2.05, 4.69) is 0 Å². The summed E-state index contributed by atoms with van der Waals surface area (Å²) >= 11 is 12.1. The Labute approximate surface area is 172 Å². The van der Waals surface area contributed by atoms with Crippen molar-refractivity contribution < 1.29 is 17.4 Å². The molecule has 1 aliphatic rings. The Balaban J connectivity index is 2.05. The Morgan fingerprint density at radius 3 is 2.52 bits per heavy atom. The van der Waals surface area contributed by atoms with E-state index >= 15 is 0 Å². The minimum Gasteiger partial charge on any atom is -0.345 e. The minimum atomic E-state index is -3.51. The number of amides is 1. The lowest BCUT2D eigenvalue weighted by atomic mass is 9.95. The number of carbonyl (C=O) groups excluding carboxylic acids is 1. The number of rotatable bonds is 9. The molecular weight excluding hydrogens is 409 g/mol. The Morgan fingerprint density at radius 2 is 1.93 bits per heavy atom. The summed E-state index contributed by atoms with van der Waals surface area (Å²) in [4.78, 5) is 14.3. The fourth-order valence-electron chi connectivity index (χ4n) is 3.52. The first-order valence-electron chi connectivity index (χ1n) is 9.19. The lowest BCUT2D eigenvalue weighted by Gasteiger charge is -2.26. The molecule has 1 aliphatic carbocycles. The molecule has 0 bridgehead atoms. The molecular formula is C19H27Cl2NO4S. The van der Waals surface area contributed by atoms with Crippen molar-refractivity contribution in [3.63, 3.8) is 0 Å². The third kappa shape index (κ3) is 7.60. The van der Waals surface area contributed by atoms with Gasteiger partial charge in [0.15, 0.2) is 0 Å². The Morgan fingerprint density at radius 1 is 1.26 bits per heavy atom. The lowest BCUT2D eigenvalue weighted by Crippen LogP contribution is -2.32. The Bertz CT molecular complexity index is 748. The summed E-state index contributed by atoms with van der Waals surface area (Å²) in [7, 11) is -1.71. The van der Waals surface area contributed by atoms with Crippen molar-refractivity contribution in [3.05, 3.63) is 33.8 Å². The predicted molar refractivity (Wildman–Crippen MR) is 109 cm³/mol. The summed E-state index contributed by atoms with van der Waals surface area (Å²) in [6.45, 7) is 0.519. The van der Waals surface area contributed by atoms with E-state index in [-0.39, 0.29) is 18.4 Å². The van der Waals surface area contributed by atoms with Gasteiger partial charge in [-0.2, -0.15) is 8.42 Å². The van der Waals surface area contributed by atoms with Crippen LogP contribution in [0, 0.1) is 5.92 Å². The molecule has 0 saturated heterocycles. The van der Waals surface area contributed by atoms with Gasteiger partial charge in [0.25, 0.3) is 10.1 Å². The van der Waals surface area contributed by atoms with Crippen molar-refractivity contribution in [1.29, 1.82) is 0 Å². The normalized spacial score (nSPS) is 16.4. The molecule has 0 N–H and O–H groups in total. The fourth-order valence-corrected chi connectivity index (χ4v) is 4.23. The molecule has 1 unspecified atom stereocenters. The number of hydrogen-bond donors (Lipinski definition) is 0. The number of nitrogens with zero attached hydrogens (tertiary/aromatic N) is 1. The van der Waals surface area contributed by atoms with Crippen molar-refractivity contribution >= 4 is 39.2 Å². The zero-order valence-corrected chi connectivity index (χ0v) is 18.1. The molecule has 1 aromatic carbocycles. The number of carbonyl (C=O) groups is 1. The molecule has 1 saturated carbocycles. The summed E-state index contributed by atoms with van der Waals surface area (Å²) < 4.78 is 27.4. The number of benzene rings is 1. The summed E-state index contributed by atoms with van der Waals surface area (Å²) in [6, 6.07) is 5.34. The van der Waals surface area contributed by atoms with E-state index in [0.717, 1.165) is 24.7 Å². The van der Waals surface area contributed by atoms with Gasteiger partial charge >= 0.3 is 0 Å². The van der Waals surface area contributed by atoms with Crippen molar-refractivity contribution in [1.82, 2.24) is 4.90 Å². The predicted octanol–water partition coefficient (Wildman–Crippen LogP) is 4.48. The molecule has 27 heavy (non-hydrogen) atoms. The maximum Gasteiger partial charge on any atom is 0.264 e.